The molecular weight excluding hydrogens is 164 g/mol. The summed E-state index contributed by atoms with van der Waals surface area (Å²) in [6.07, 6.45) is 2.36. The molecule has 0 unspecified atom stereocenters. The first-order valence-electron chi connectivity index (χ1n) is 3.41. The van der Waals surface area contributed by atoms with E-state index in [2.05, 4.69) is 0 Å². The number of aldehydes is 1. The highest BCUT2D eigenvalue weighted by molar-refractivity contribution is 7.90. The third kappa shape index (κ3) is 6.04. The van der Waals surface area contributed by atoms with E-state index in [-0.39, 0.29) is 5.75 Å². The van der Waals surface area contributed by atoms with Gasteiger partial charge in [0.2, 0.25) is 0 Å². The van der Waals surface area contributed by atoms with E-state index < -0.39 is 15.3 Å². The van der Waals surface area contributed by atoms with Crippen molar-refractivity contribution in [1.82, 2.24) is 0 Å². The van der Waals surface area contributed by atoms with E-state index in [1.165, 1.54) is 6.26 Å². The molecule has 0 aromatic rings. The molecular formula is C7H14O3S. The Morgan fingerprint density at radius 3 is 2.09 bits per heavy atom. The predicted octanol–water partition coefficient (Wildman–Crippen LogP) is 0.646. The lowest BCUT2D eigenvalue weighted by molar-refractivity contribution is -0.114. The van der Waals surface area contributed by atoms with Crippen LogP contribution in [0.15, 0.2) is 0 Å². The van der Waals surface area contributed by atoms with Gasteiger partial charge in [-0.2, -0.15) is 0 Å². The van der Waals surface area contributed by atoms with Crippen LogP contribution in [-0.2, 0) is 14.6 Å². The summed E-state index contributed by atoms with van der Waals surface area (Å²) < 4.78 is 21.4. The Morgan fingerprint density at radius 2 is 1.82 bits per heavy atom. The third-order valence-corrected chi connectivity index (χ3v) is 2.38. The lowest BCUT2D eigenvalue weighted by Crippen LogP contribution is -2.18. The molecule has 66 valence electrons. The normalized spacial score (nSPS) is 13.0. The van der Waals surface area contributed by atoms with Gasteiger partial charge < -0.3 is 4.79 Å². The number of hydrogen-bond acceptors (Lipinski definition) is 3. The van der Waals surface area contributed by atoms with Crippen LogP contribution in [0.5, 0.6) is 0 Å². The third-order valence-electron chi connectivity index (χ3n) is 1.44. The summed E-state index contributed by atoms with van der Waals surface area (Å²) in [5.74, 6) is 0.0821. The van der Waals surface area contributed by atoms with Crippen molar-refractivity contribution in [2.75, 3.05) is 12.0 Å². The molecule has 0 atom stereocenters. The van der Waals surface area contributed by atoms with Crippen LogP contribution in [0.2, 0.25) is 0 Å². The average molecular weight is 178 g/mol. The van der Waals surface area contributed by atoms with E-state index in [0.717, 1.165) is 6.29 Å². The maximum atomic E-state index is 10.7. The van der Waals surface area contributed by atoms with Gasteiger partial charge >= 0.3 is 0 Å². The minimum Gasteiger partial charge on any atom is -0.303 e. The van der Waals surface area contributed by atoms with Crippen molar-refractivity contribution in [1.29, 1.82) is 0 Å². The monoisotopic (exact) mass is 178 g/mol. The van der Waals surface area contributed by atoms with Gasteiger partial charge in [0.25, 0.3) is 0 Å². The minimum absolute atomic E-state index is 0.0821. The molecule has 0 saturated heterocycles. The summed E-state index contributed by atoms with van der Waals surface area (Å²) in [6, 6.07) is 0. The summed E-state index contributed by atoms with van der Waals surface area (Å²) in [5, 5.41) is 0. The molecule has 0 aromatic heterocycles. The van der Waals surface area contributed by atoms with Crippen LogP contribution in [0.1, 0.15) is 20.3 Å². The van der Waals surface area contributed by atoms with E-state index in [0.29, 0.717) is 6.42 Å². The fourth-order valence-corrected chi connectivity index (χ4v) is 1.40. The largest absolute Gasteiger partial charge is 0.303 e. The molecule has 0 N–H and O–H groups in total. The molecule has 3 nitrogen and oxygen atoms in total. The molecule has 0 bridgehead atoms. The fourth-order valence-electron chi connectivity index (χ4n) is 0.507. The summed E-state index contributed by atoms with van der Waals surface area (Å²) in [5.41, 5.74) is -0.511. The highest BCUT2D eigenvalue weighted by Crippen LogP contribution is 2.16. The molecule has 0 aliphatic carbocycles. The zero-order valence-electron chi connectivity index (χ0n) is 7.12. The van der Waals surface area contributed by atoms with Crippen LogP contribution in [0.3, 0.4) is 0 Å². The van der Waals surface area contributed by atoms with Crippen LogP contribution in [0.25, 0.3) is 0 Å². The standard InChI is InChI=1S/C7H14O3S/c1-7(2,6-8)4-5-11(3,9)10/h6H,4-5H2,1-3H3. The molecule has 0 heterocycles. The van der Waals surface area contributed by atoms with Crippen molar-refractivity contribution in [3.05, 3.63) is 0 Å². The van der Waals surface area contributed by atoms with Crippen LogP contribution in [0, 0.1) is 5.41 Å². The summed E-state index contributed by atoms with van der Waals surface area (Å²) in [6.45, 7) is 3.45. The van der Waals surface area contributed by atoms with Gasteiger partial charge in [0.05, 0.1) is 5.75 Å². The lowest BCUT2D eigenvalue weighted by atomic mass is 9.93. The summed E-state index contributed by atoms with van der Waals surface area (Å²) in [4.78, 5) is 10.3. The highest BCUT2D eigenvalue weighted by atomic mass is 32.2. The number of rotatable bonds is 4. The Balaban J connectivity index is 4.00. The zero-order valence-corrected chi connectivity index (χ0v) is 7.94. The topological polar surface area (TPSA) is 51.2 Å². The van der Waals surface area contributed by atoms with Gasteiger partial charge in [-0.25, -0.2) is 8.42 Å². The zero-order chi connectivity index (χ0) is 9.12. The SMILES string of the molecule is CC(C)(C=O)CCS(C)(=O)=O. The van der Waals surface area contributed by atoms with E-state index in [9.17, 15) is 13.2 Å². The second-order valence-electron chi connectivity index (χ2n) is 3.49. The van der Waals surface area contributed by atoms with E-state index in [1.54, 1.807) is 13.8 Å². The molecule has 4 heteroatoms. The second-order valence-corrected chi connectivity index (χ2v) is 5.75. The summed E-state index contributed by atoms with van der Waals surface area (Å²) >= 11 is 0. The van der Waals surface area contributed by atoms with Gasteiger partial charge in [-0.1, -0.05) is 13.8 Å². The minimum atomic E-state index is -2.93. The fraction of sp³-hybridized carbons (Fsp3) is 0.857. The molecule has 0 saturated carbocycles. The Hall–Kier alpha value is -0.380. The molecule has 0 aliphatic heterocycles. The van der Waals surface area contributed by atoms with Crippen molar-refractivity contribution in [3.63, 3.8) is 0 Å². The molecule has 0 aliphatic rings. The Kier molecular flexibility index (Phi) is 3.23. The maximum Gasteiger partial charge on any atom is 0.147 e. The van der Waals surface area contributed by atoms with Gasteiger partial charge in [-0.05, 0) is 6.42 Å². The Morgan fingerprint density at radius 1 is 1.36 bits per heavy atom. The molecule has 0 rings (SSSR count). The van der Waals surface area contributed by atoms with Crippen LogP contribution < -0.4 is 0 Å². The average Bonchev–Trinajstić information content (AvgIpc) is 1.83. The molecule has 0 spiro atoms. The number of sulfone groups is 1. The molecule has 0 amide bonds. The first-order chi connectivity index (χ1) is 4.77. The predicted molar refractivity (Wildman–Crippen MR) is 44.2 cm³/mol. The van der Waals surface area contributed by atoms with E-state index in [1.807, 2.05) is 0 Å². The number of carbonyl (C=O) groups is 1. The molecule has 0 radical (unpaired) electrons. The molecule has 0 aromatic carbocycles. The quantitative estimate of drug-likeness (QED) is 0.594. The van der Waals surface area contributed by atoms with Crippen molar-refractivity contribution >= 4 is 16.1 Å². The smallest absolute Gasteiger partial charge is 0.147 e. The van der Waals surface area contributed by atoms with E-state index in [4.69, 9.17) is 0 Å². The lowest BCUT2D eigenvalue weighted by Gasteiger charge is -2.14. The summed E-state index contributed by atoms with van der Waals surface area (Å²) in [7, 11) is -2.93. The molecule has 11 heavy (non-hydrogen) atoms. The first kappa shape index (κ1) is 10.6. The van der Waals surface area contributed by atoms with E-state index >= 15 is 0 Å². The number of hydrogen-bond donors (Lipinski definition) is 0. The Labute approximate surface area is 67.7 Å². The van der Waals surface area contributed by atoms with Gasteiger partial charge in [-0.15, -0.1) is 0 Å². The maximum absolute atomic E-state index is 10.7. The van der Waals surface area contributed by atoms with Crippen LogP contribution in [-0.4, -0.2) is 26.7 Å². The Bertz CT molecular complexity index is 226. The second kappa shape index (κ2) is 3.34. The highest BCUT2D eigenvalue weighted by Gasteiger charge is 2.18. The van der Waals surface area contributed by atoms with Crippen molar-refractivity contribution in [3.8, 4) is 0 Å². The van der Waals surface area contributed by atoms with Crippen molar-refractivity contribution in [2.24, 2.45) is 5.41 Å². The van der Waals surface area contributed by atoms with Gasteiger partial charge in [-0.3, -0.25) is 0 Å². The van der Waals surface area contributed by atoms with Gasteiger partial charge in [0.15, 0.2) is 0 Å². The molecule has 0 fully saturated rings. The number of carbonyl (C=O) groups excluding carboxylic acids is 1. The van der Waals surface area contributed by atoms with Crippen LogP contribution >= 0.6 is 0 Å². The van der Waals surface area contributed by atoms with Crippen LogP contribution in [0.4, 0.5) is 0 Å². The van der Waals surface area contributed by atoms with Gasteiger partial charge in [0.1, 0.15) is 16.1 Å². The van der Waals surface area contributed by atoms with Crippen molar-refractivity contribution < 1.29 is 13.2 Å². The first-order valence-corrected chi connectivity index (χ1v) is 5.47. The van der Waals surface area contributed by atoms with Gasteiger partial charge in [0, 0.05) is 11.7 Å². The van der Waals surface area contributed by atoms with Crippen molar-refractivity contribution in [2.45, 2.75) is 20.3 Å².